The van der Waals surface area contributed by atoms with Gasteiger partial charge in [0.25, 0.3) is 0 Å². The molecule has 2 aliphatic rings. The first kappa shape index (κ1) is 17.6. The Balaban J connectivity index is 1.85. The second kappa shape index (κ2) is 7.36. The molecular weight excluding hydrogens is 328 g/mol. The van der Waals surface area contributed by atoms with E-state index in [1.807, 2.05) is 18.7 Å². The zero-order valence-electron chi connectivity index (χ0n) is 14.5. The first-order chi connectivity index (χ1) is 11.9. The second-order valence-corrected chi connectivity index (χ2v) is 6.54. The molecule has 3 rings (SSSR count). The van der Waals surface area contributed by atoms with E-state index in [-0.39, 0.29) is 35.6 Å². The highest BCUT2D eigenvalue weighted by Gasteiger charge is 2.29. The summed E-state index contributed by atoms with van der Waals surface area (Å²) in [7, 11) is 0. The van der Waals surface area contributed by atoms with Gasteiger partial charge in [0.05, 0.1) is 23.2 Å². The number of nitrogens with zero attached hydrogens (tertiary/aromatic N) is 4. The lowest BCUT2D eigenvalue weighted by Crippen LogP contribution is -2.46. The highest BCUT2D eigenvalue weighted by atomic mass is 16.6. The van der Waals surface area contributed by atoms with Crippen LogP contribution in [-0.4, -0.2) is 59.4 Å². The van der Waals surface area contributed by atoms with Crippen molar-refractivity contribution in [2.24, 2.45) is 0 Å². The number of rotatable bonds is 5. The fourth-order valence-corrected chi connectivity index (χ4v) is 3.26. The largest absolute Gasteiger partial charge is 0.378 e. The number of nitrogens with two attached hydrogens (primary N) is 1. The van der Waals surface area contributed by atoms with E-state index in [4.69, 9.17) is 15.2 Å². The molecule has 2 aliphatic heterocycles. The SMILES string of the molecule is C[C@@H]1CN(c2nc(N)c([N+](=O)[O-])c(NC[C@H]3CCCO3)n2)C[C@@H](C)O1. The molecule has 138 valence electrons. The van der Waals surface area contributed by atoms with Gasteiger partial charge in [0.1, 0.15) is 0 Å². The molecule has 25 heavy (non-hydrogen) atoms. The first-order valence-corrected chi connectivity index (χ1v) is 8.51. The number of anilines is 3. The van der Waals surface area contributed by atoms with Crippen molar-refractivity contribution in [3.8, 4) is 0 Å². The van der Waals surface area contributed by atoms with Gasteiger partial charge in [-0.05, 0) is 26.7 Å². The van der Waals surface area contributed by atoms with E-state index in [1.54, 1.807) is 0 Å². The van der Waals surface area contributed by atoms with Gasteiger partial charge in [-0.1, -0.05) is 0 Å². The number of morpholine rings is 1. The average molecular weight is 352 g/mol. The lowest BCUT2D eigenvalue weighted by Gasteiger charge is -2.35. The molecule has 3 N–H and O–H groups in total. The molecule has 3 heterocycles. The van der Waals surface area contributed by atoms with Crippen molar-refractivity contribution >= 4 is 23.3 Å². The van der Waals surface area contributed by atoms with Crippen LogP contribution in [0.25, 0.3) is 0 Å². The van der Waals surface area contributed by atoms with Gasteiger partial charge in [-0.2, -0.15) is 9.97 Å². The predicted octanol–water partition coefficient (Wildman–Crippen LogP) is 1.17. The van der Waals surface area contributed by atoms with E-state index in [0.717, 1.165) is 19.4 Å². The fraction of sp³-hybridized carbons (Fsp3) is 0.733. The molecule has 0 radical (unpaired) electrons. The predicted molar refractivity (Wildman–Crippen MR) is 92.8 cm³/mol. The summed E-state index contributed by atoms with van der Waals surface area (Å²) in [5.41, 5.74) is 5.57. The highest BCUT2D eigenvalue weighted by Crippen LogP contribution is 2.31. The van der Waals surface area contributed by atoms with E-state index in [1.165, 1.54) is 0 Å². The molecule has 0 bridgehead atoms. The molecule has 2 saturated heterocycles. The molecule has 3 atom stereocenters. The number of nitrogen functional groups attached to an aromatic ring is 1. The van der Waals surface area contributed by atoms with E-state index >= 15 is 0 Å². The molecule has 0 aliphatic carbocycles. The molecule has 1 aromatic rings. The van der Waals surface area contributed by atoms with Gasteiger partial charge >= 0.3 is 5.69 Å². The Kier molecular flexibility index (Phi) is 5.19. The Morgan fingerprint density at radius 2 is 2.08 bits per heavy atom. The van der Waals surface area contributed by atoms with E-state index < -0.39 is 4.92 Å². The Bertz CT molecular complexity index is 627. The van der Waals surface area contributed by atoms with Crippen LogP contribution in [0, 0.1) is 10.1 Å². The van der Waals surface area contributed by atoms with Gasteiger partial charge in [-0.25, -0.2) is 0 Å². The summed E-state index contributed by atoms with van der Waals surface area (Å²) >= 11 is 0. The van der Waals surface area contributed by atoms with Gasteiger partial charge in [-0.3, -0.25) is 10.1 Å². The molecule has 0 unspecified atom stereocenters. The maximum Gasteiger partial charge on any atom is 0.353 e. The number of hydrogen-bond donors (Lipinski definition) is 2. The van der Waals surface area contributed by atoms with Crippen LogP contribution < -0.4 is 16.0 Å². The summed E-state index contributed by atoms with van der Waals surface area (Å²) < 4.78 is 11.3. The molecule has 0 spiro atoms. The van der Waals surface area contributed by atoms with Crippen molar-refractivity contribution in [1.82, 2.24) is 9.97 Å². The van der Waals surface area contributed by atoms with Crippen molar-refractivity contribution < 1.29 is 14.4 Å². The van der Waals surface area contributed by atoms with Crippen LogP contribution >= 0.6 is 0 Å². The zero-order chi connectivity index (χ0) is 18.0. The Morgan fingerprint density at radius 3 is 2.68 bits per heavy atom. The zero-order valence-corrected chi connectivity index (χ0v) is 14.5. The third-order valence-electron chi connectivity index (χ3n) is 4.31. The monoisotopic (exact) mass is 352 g/mol. The number of ether oxygens (including phenoxy) is 2. The van der Waals surface area contributed by atoms with E-state index in [0.29, 0.717) is 25.6 Å². The summed E-state index contributed by atoms with van der Waals surface area (Å²) in [5.74, 6) is 0.367. The maximum absolute atomic E-state index is 11.4. The minimum atomic E-state index is -0.554. The number of nitrogens with one attached hydrogen (secondary N) is 1. The van der Waals surface area contributed by atoms with Crippen LogP contribution in [-0.2, 0) is 9.47 Å². The normalized spacial score (nSPS) is 26.6. The smallest absolute Gasteiger partial charge is 0.353 e. The van der Waals surface area contributed by atoms with Crippen molar-refractivity contribution in [1.29, 1.82) is 0 Å². The molecular formula is C15H24N6O4. The van der Waals surface area contributed by atoms with Crippen LogP contribution in [0.15, 0.2) is 0 Å². The lowest BCUT2D eigenvalue weighted by molar-refractivity contribution is -0.383. The van der Waals surface area contributed by atoms with Crippen LogP contribution in [0.1, 0.15) is 26.7 Å². The van der Waals surface area contributed by atoms with E-state index in [2.05, 4.69) is 15.3 Å². The molecule has 0 aromatic carbocycles. The quantitative estimate of drug-likeness (QED) is 0.592. The van der Waals surface area contributed by atoms with E-state index in [9.17, 15) is 10.1 Å². The summed E-state index contributed by atoms with van der Waals surface area (Å²) in [5, 5.41) is 14.4. The third kappa shape index (κ3) is 4.07. The summed E-state index contributed by atoms with van der Waals surface area (Å²) in [6, 6.07) is 0. The van der Waals surface area contributed by atoms with Crippen LogP contribution in [0.4, 0.5) is 23.3 Å². The van der Waals surface area contributed by atoms with Gasteiger partial charge in [0, 0.05) is 26.2 Å². The first-order valence-electron chi connectivity index (χ1n) is 8.51. The molecule has 10 heteroatoms. The molecule has 10 nitrogen and oxygen atoms in total. The van der Waals surface area contributed by atoms with Crippen molar-refractivity contribution in [3.63, 3.8) is 0 Å². The van der Waals surface area contributed by atoms with Crippen LogP contribution in [0.3, 0.4) is 0 Å². The molecule has 0 amide bonds. The minimum absolute atomic E-state index is 0.0204. The van der Waals surface area contributed by atoms with Gasteiger partial charge in [0.2, 0.25) is 17.6 Å². The molecule has 1 aromatic heterocycles. The van der Waals surface area contributed by atoms with Gasteiger partial charge in [-0.15, -0.1) is 0 Å². The van der Waals surface area contributed by atoms with Crippen molar-refractivity contribution in [2.45, 2.75) is 45.0 Å². The topological polar surface area (TPSA) is 129 Å². The Labute approximate surface area is 145 Å². The standard InChI is InChI=1S/C15H24N6O4/c1-9-7-20(8-10(2)25-9)15-18-13(16)12(21(22)23)14(19-15)17-6-11-4-3-5-24-11/h9-11H,3-8H2,1-2H3,(H3,16,17,18,19)/t9-,10-,11-/m1/s1. The maximum atomic E-state index is 11.4. The lowest BCUT2D eigenvalue weighted by atomic mass is 10.2. The van der Waals surface area contributed by atoms with Gasteiger partial charge < -0.3 is 25.4 Å². The second-order valence-electron chi connectivity index (χ2n) is 6.54. The Hall–Kier alpha value is -2.20. The summed E-state index contributed by atoms with van der Waals surface area (Å²) in [6.07, 6.45) is 1.99. The highest BCUT2D eigenvalue weighted by molar-refractivity contribution is 5.70. The number of hydrogen-bond acceptors (Lipinski definition) is 9. The van der Waals surface area contributed by atoms with Gasteiger partial charge in [0.15, 0.2) is 0 Å². The Morgan fingerprint density at radius 1 is 1.36 bits per heavy atom. The molecule has 0 saturated carbocycles. The van der Waals surface area contributed by atoms with Crippen LogP contribution in [0.2, 0.25) is 0 Å². The summed E-state index contributed by atoms with van der Waals surface area (Å²) in [6.45, 7) is 6.31. The van der Waals surface area contributed by atoms with Crippen LogP contribution in [0.5, 0.6) is 0 Å². The fourth-order valence-electron chi connectivity index (χ4n) is 3.26. The average Bonchev–Trinajstić information content (AvgIpc) is 3.04. The molecule has 2 fully saturated rings. The van der Waals surface area contributed by atoms with Crippen molar-refractivity contribution in [2.75, 3.05) is 42.2 Å². The number of nitro groups is 1. The minimum Gasteiger partial charge on any atom is -0.378 e. The summed E-state index contributed by atoms with van der Waals surface area (Å²) in [4.78, 5) is 21.3. The third-order valence-corrected chi connectivity index (χ3v) is 4.31. The van der Waals surface area contributed by atoms with Crippen molar-refractivity contribution in [3.05, 3.63) is 10.1 Å². The number of aromatic nitrogens is 2.